The minimum Gasteiger partial charge on any atom is -0.387 e. The molecule has 0 spiro atoms. The molecule has 1 saturated heterocycles. The topological polar surface area (TPSA) is 213 Å². The lowest BCUT2D eigenvalue weighted by Crippen LogP contribution is -2.43. The fourth-order valence-corrected chi connectivity index (χ4v) is 5.09. The second kappa shape index (κ2) is 9.90. The van der Waals surface area contributed by atoms with Crippen molar-refractivity contribution in [3.63, 3.8) is 0 Å². The Balaban J connectivity index is 1.59. The summed E-state index contributed by atoms with van der Waals surface area (Å²) >= 11 is 0. The summed E-state index contributed by atoms with van der Waals surface area (Å²) in [4.78, 5) is 43.6. The van der Waals surface area contributed by atoms with Crippen LogP contribution in [0.2, 0.25) is 0 Å². The van der Waals surface area contributed by atoms with Gasteiger partial charge in [-0.25, -0.2) is 13.7 Å². The highest BCUT2D eigenvalue weighted by atomic mass is 31.2. The first kappa shape index (κ1) is 25.6. The van der Waals surface area contributed by atoms with E-state index in [2.05, 4.69) is 14.0 Å². The van der Waals surface area contributed by atoms with Crippen molar-refractivity contribution in [3.05, 3.63) is 62.6 Å². The molecular weight excluding hydrogens is 512 g/mol. The third-order valence-electron chi connectivity index (χ3n) is 5.39. The molecule has 3 aromatic rings. The maximum absolute atomic E-state index is 13.1. The highest BCUT2D eigenvalue weighted by molar-refractivity contribution is 7.55. The van der Waals surface area contributed by atoms with Gasteiger partial charge in [0.15, 0.2) is 11.8 Å². The number of aryl methyl sites for hydroxylation is 1. The van der Waals surface area contributed by atoms with Crippen molar-refractivity contribution < 1.29 is 47.2 Å². The van der Waals surface area contributed by atoms with Gasteiger partial charge in [-0.05, 0) is 18.6 Å². The van der Waals surface area contributed by atoms with Gasteiger partial charge in [0, 0.05) is 17.6 Å². The molecule has 1 aliphatic heterocycles. The number of hydrogen-bond donors (Lipinski definition) is 4. The van der Waals surface area contributed by atoms with E-state index < -0.39 is 58.5 Å². The van der Waals surface area contributed by atoms with Gasteiger partial charge in [0.25, 0.3) is 5.56 Å². The Kier molecular flexibility index (Phi) is 7.25. The minimum atomic E-state index is -4.94. The van der Waals surface area contributed by atoms with Gasteiger partial charge in [0.05, 0.1) is 13.2 Å². The van der Waals surface area contributed by atoms with Crippen molar-refractivity contribution in [2.75, 3.05) is 6.61 Å². The van der Waals surface area contributed by atoms with Crippen LogP contribution in [0.4, 0.5) is 0 Å². The van der Waals surface area contributed by atoms with Crippen LogP contribution in [0.1, 0.15) is 17.5 Å². The number of ether oxygens (including phenoxy) is 1. The maximum Gasteiger partial charge on any atom is 0.479 e. The molecule has 17 heteroatoms. The largest absolute Gasteiger partial charge is 0.479 e. The van der Waals surface area contributed by atoms with E-state index in [1.807, 2.05) is 13.0 Å². The standard InChI is InChI=1S/C18H21N3O12P2/c1-9-3-2-4-11-14(9)10(19-32-11)7-21-13(22)5-6-20(18(21)25)17-16(24)15(23)12(31-17)8-30-35(28,29)33-34(26)27/h2-6,12,15-17,23-24,34H,7-8H2,1H3,(H,26,27)(H,28,29)/t12-,15?,16+,17-/m1/s1. The van der Waals surface area contributed by atoms with E-state index in [-0.39, 0.29) is 6.54 Å². The fraction of sp³-hybridized carbons (Fsp3) is 0.389. The molecule has 0 saturated carbocycles. The summed E-state index contributed by atoms with van der Waals surface area (Å²) in [5.74, 6) is 0. The highest BCUT2D eigenvalue weighted by Crippen LogP contribution is 2.51. The van der Waals surface area contributed by atoms with Crippen LogP contribution >= 0.6 is 16.1 Å². The Morgan fingerprint density at radius 1 is 1.23 bits per heavy atom. The molecule has 3 unspecified atom stereocenters. The third kappa shape index (κ3) is 5.23. The predicted octanol–water partition coefficient (Wildman–Crippen LogP) is -0.357. The van der Waals surface area contributed by atoms with Gasteiger partial charge in [-0.3, -0.25) is 23.0 Å². The lowest BCUT2D eigenvalue weighted by molar-refractivity contribution is -0.0546. The molecule has 0 bridgehead atoms. The number of aliphatic hydroxyl groups excluding tert-OH is 2. The number of nitrogens with zero attached hydrogens (tertiary/aromatic N) is 3. The number of phosphoric acid groups is 1. The highest BCUT2D eigenvalue weighted by Gasteiger charge is 2.45. The van der Waals surface area contributed by atoms with Crippen LogP contribution in [0, 0.1) is 6.92 Å². The van der Waals surface area contributed by atoms with Gasteiger partial charge < -0.3 is 29.3 Å². The Labute approximate surface area is 196 Å². The Bertz CT molecular complexity index is 1430. The van der Waals surface area contributed by atoms with Crippen molar-refractivity contribution in [2.24, 2.45) is 0 Å². The molecule has 3 heterocycles. The van der Waals surface area contributed by atoms with Gasteiger partial charge in [0.2, 0.25) is 0 Å². The van der Waals surface area contributed by atoms with E-state index in [1.165, 1.54) is 0 Å². The van der Waals surface area contributed by atoms with E-state index in [9.17, 15) is 33.8 Å². The van der Waals surface area contributed by atoms with E-state index >= 15 is 0 Å². The van der Waals surface area contributed by atoms with Crippen LogP contribution in [0.3, 0.4) is 0 Å². The average molecular weight is 533 g/mol. The summed E-state index contributed by atoms with van der Waals surface area (Å²) in [5, 5.41) is 25.3. The third-order valence-corrected chi connectivity index (χ3v) is 7.41. The molecular formula is C18H21N3O12P2. The van der Waals surface area contributed by atoms with Crippen molar-refractivity contribution in [1.29, 1.82) is 0 Å². The first-order valence-electron chi connectivity index (χ1n) is 10.1. The summed E-state index contributed by atoms with van der Waals surface area (Å²) < 4.78 is 43.0. The van der Waals surface area contributed by atoms with Crippen molar-refractivity contribution in [2.45, 2.75) is 38.0 Å². The Hall–Kier alpha value is -2.45. The number of aromatic nitrogens is 3. The fourth-order valence-electron chi connectivity index (χ4n) is 3.75. The van der Waals surface area contributed by atoms with Gasteiger partial charge in [-0.1, -0.05) is 17.3 Å². The van der Waals surface area contributed by atoms with Crippen LogP contribution in [-0.4, -0.2) is 59.2 Å². The molecule has 1 fully saturated rings. The summed E-state index contributed by atoms with van der Waals surface area (Å²) in [7, 11) is -8.74. The molecule has 0 amide bonds. The number of hydrogen-bond acceptors (Lipinski definition) is 11. The molecule has 2 aromatic heterocycles. The maximum atomic E-state index is 13.1. The van der Waals surface area contributed by atoms with Gasteiger partial charge in [-0.2, -0.15) is 0 Å². The smallest absolute Gasteiger partial charge is 0.387 e. The van der Waals surface area contributed by atoms with E-state index in [4.69, 9.17) is 14.2 Å². The first-order valence-corrected chi connectivity index (χ1v) is 12.8. The second-order valence-electron chi connectivity index (χ2n) is 7.68. The summed E-state index contributed by atoms with van der Waals surface area (Å²) in [6, 6.07) is 6.33. The van der Waals surface area contributed by atoms with Crippen LogP contribution in [0.25, 0.3) is 11.0 Å². The predicted molar refractivity (Wildman–Crippen MR) is 117 cm³/mol. The first-order chi connectivity index (χ1) is 16.5. The SMILES string of the molecule is Cc1cccc2onc(Cn3c(=O)ccn([C@@H]4O[C@H](COP(=O)(O)O[PH](=O)O)C(O)[C@@H]4O)c3=O)c12. The monoisotopic (exact) mass is 533 g/mol. The lowest BCUT2D eigenvalue weighted by atomic mass is 10.1. The summed E-state index contributed by atoms with van der Waals surface area (Å²) in [5.41, 5.74) is 0.0642. The Morgan fingerprint density at radius 3 is 2.69 bits per heavy atom. The van der Waals surface area contributed by atoms with Gasteiger partial charge >= 0.3 is 21.8 Å². The molecule has 1 aliphatic rings. The molecule has 0 radical (unpaired) electrons. The number of phosphoric ester groups is 1. The molecule has 0 aliphatic carbocycles. The van der Waals surface area contributed by atoms with Crippen molar-refractivity contribution in [1.82, 2.24) is 14.3 Å². The second-order valence-corrected chi connectivity index (χ2v) is 10.1. The van der Waals surface area contributed by atoms with Crippen molar-refractivity contribution >= 4 is 27.0 Å². The lowest BCUT2D eigenvalue weighted by Gasteiger charge is -2.18. The van der Waals surface area contributed by atoms with Crippen LogP contribution < -0.4 is 11.2 Å². The summed E-state index contributed by atoms with van der Waals surface area (Å²) in [6.45, 7) is 0.743. The molecule has 35 heavy (non-hydrogen) atoms. The van der Waals surface area contributed by atoms with Crippen LogP contribution in [0.15, 0.2) is 44.6 Å². The number of benzene rings is 1. The number of aliphatic hydroxyl groups is 2. The van der Waals surface area contributed by atoms with E-state index in [0.29, 0.717) is 16.7 Å². The molecule has 4 rings (SSSR count). The quantitative estimate of drug-likeness (QED) is 0.273. The van der Waals surface area contributed by atoms with Gasteiger partial charge in [0.1, 0.15) is 24.0 Å². The zero-order valence-corrected chi connectivity index (χ0v) is 19.8. The number of rotatable bonds is 8. The normalized spacial score (nSPS) is 25.1. The minimum absolute atomic E-state index is 0.250. The van der Waals surface area contributed by atoms with Crippen LogP contribution in [-0.2, 0) is 29.2 Å². The zero-order valence-electron chi connectivity index (χ0n) is 18.0. The summed E-state index contributed by atoms with van der Waals surface area (Å²) in [6.07, 6.45) is -5.23. The molecule has 4 N–H and O–H groups in total. The molecule has 6 atom stereocenters. The molecule has 15 nitrogen and oxygen atoms in total. The van der Waals surface area contributed by atoms with Gasteiger partial charge in [-0.15, -0.1) is 0 Å². The average Bonchev–Trinajstić information content (AvgIpc) is 3.31. The van der Waals surface area contributed by atoms with E-state index in [1.54, 1.807) is 12.1 Å². The van der Waals surface area contributed by atoms with Crippen LogP contribution in [0.5, 0.6) is 0 Å². The number of fused-ring (bicyclic) bond motifs is 1. The van der Waals surface area contributed by atoms with E-state index in [0.717, 1.165) is 27.0 Å². The Morgan fingerprint density at radius 2 is 1.97 bits per heavy atom. The van der Waals surface area contributed by atoms with Crippen molar-refractivity contribution in [3.8, 4) is 0 Å². The molecule has 1 aromatic carbocycles. The zero-order chi connectivity index (χ0) is 25.5. The molecule has 190 valence electrons.